The lowest BCUT2D eigenvalue weighted by Gasteiger charge is -2.34. The Morgan fingerprint density at radius 2 is 1.83 bits per heavy atom. The number of carbonyl (C=O) groups excluding carboxylic acids is 3. The van der Waals surface area contributed by atoms with Crippen molar-refractivity contribution in [2.45, 2.75) is 32.3 Å². The Morgan fingerprint density at radius 3 is 2.55 bits per heavy atom. The highest BCUT2D eigenvalue weighted by molar-refractivity contribution is 6.02. The molecule has 0 saturated heterocycles. The van der Waals surface area contributed by atoms with Gasteiger partial charge in [-0.25, -0.2) is 4.39 Å². The van der Waals surface area contributed by atoms with Crippen molar-refractivity contribution in [3.05, 3.63) is 59.9 Å². The zero-order valence-electron chi connectivity index (χ0n) is 16.2. The molecule has 0 spiro atoms. The van der Waals surface area contributed by atoms with Crippen LogP contribution in [0.4, 0.5) is 10.1 Å². The Morgan fingerprint density at radius 1 is 1.10 bits per heavy atom. The number of amides is 2. The number of nitrogens with zero attached hydrogens (tertiary/aromatic N) is 1. The third kappa shape index (κ3) is 4.99. The van der Waals surface area contributed by atoms with E-state index in [1.165, 1.54) is 29.2 Å². The molecule has 0 unspecified atom stereocenters. The molecule has 1 aliphatic heterocycles. The summed E-state index contributed by atoms with van der Waals surface area (Å²) in [7, 11) is 0. The Hall–Kier alpha value is -3.22. The molecular weight excluding hydrogens is 375 g/mol. The molecule has 0 fully saturated rings. The zero-order chi connectivity index (χ0) is 20.8. The molecule has 0 saturated carbocycles. The van der Waals surface area contributed by atoms with Crippen molar-refractivity contribution in [3.63, 3.8) is 0 Å². The first-order chi connectivity index (χ1) is 14.0. The van der Waals surface area contributed by atoms with Gasteiger partial charge in [0.15, 0.2) is 11.9 Å². The van der Waals surface area contributed by atoms with Crippen LogP contribution < -0.4 is 15.0 Å². The van der Waals surface area contributed by atoms with E-state index in [0.29, 0.717) is 23.5 Å². The molecule has 2 aromatic carbocycles. The molecule has 1 N–H and O–H groups in total. The van der Waals surface area contributed by atoms with Crippen molar-refractivity contribution in [2.75, 3.05) is 18.0 Å². The van der Waals surface area contributed by atoms with Crippen molar-refractivity contribution >= 4 is 23.3 Å². The molecule has 1 atom stereocenters. The lowest BCUT2D eigenvalue weighted by molar-refractivity contribution is -0.128. The number of benzene rings is 2. The number of halogens is 1. The van der Waals surface area contributed by atoms with Crippen LogP contribution in [0.5, 0.6) is 5.75 Å². The monoisotopic (exact) mass is 398 g/mol. The number of nitrogens with one attached hydrogen (secondary N) is 1. The Balaban J connectivity index is 1.69. The van der Waals surface area contributed by atoms with Gasteiger partial charge in [-0.05, 0) is 42.8 Å². The summed E-state index contributed by atoms with van der Waals surface area (Å²) in [5.41, 5.74) is 0.935. The lowest BCUT2D eigenvalue weighted by atomic mass is 10.1. The van der Waals surface area contributed by atoms with Crippen molar-refractivity contribution in [1.29, 1.82) is 0 Å². The second kappa shape index (κ2) is 9.32. The fourth-order valence-electron chi connectivity index (χ4n) is 3.10. The van der Waals surface area contributed by atoms with Crippen molar-refractivity contribution in [2.24, 2.45) is 0 Å². The number of ether oxygens (including phenoxy) is 1. The van der Waals surface area contributed by atoms with Crippen molar-refractivity contribution in [1.82, 2.24) is 5.32 Å². The minimum atomic E-state index is -0.812. The van der Waals surface area contributed by atoms with E-state index in [4.69, 9.17) is 4.74 Å². The first-order valence-electron chi connectivity index (χ1n) is 9.62. The summed E-state index contributed by atoms with van der Waals surface area (Å²) < 4.78 is 18.8. The average Bonchev–Trinajstić information content (AvgIpc) is 2.75. The summed E-state index contributed by atoms with van der Waals surface area (Å²) in [5.74, 6) is -0.758. The molecule has 2 amide bonds. The van der Waals surface area contributed by atoms with Gasteiger partial charge < -0.3 is 15.0 Å². The number of rotatable bonds is 7. The second-order valence-electron chi connectivity index (χ2n) is 6.80. The van der Waals surface area contributed by atoms with Crippen LogP contribution in [0.3, 0.4) is 0 Å². The Labute approximate surface area is 168 Å². The molecule has 3 rings (SSSR count). The normalized spacial score (nSPS) is 15.2. The Bertz CT molecular complexity index is 898. The maximum atomic E-state index is 13.0. The van der Waals surface area contributed by atoms with Gasteiger partial charge in [-0.2, -0.15) is 0 Å². The van der Waals surface area contributed by atoms with E-state index < -0.39 is 11.9 Å². The summed E-state index contributed by atoms with van der Waals surface area (Å²) in [5, 5.41) is 2.78. The number of Topliss-reactive ketones (excluding diaryl/α,β-unsaturated/α-hetero) is 1. The average molecular weight is 398 g/mol. The molecule has 0 bridgehead atoms. The maximum absolute atomic E-state index is 13.0. The largest absolute Gasteiger partial charge is 0.477 e. The number of hydrogen-bond donors (Lipinski definition) is 1. The first kappa shape index (κ1) is 20.5. The van der Waals surface area contributed by atoms with Crippen LogP contribution in [0.1, 0.15) is 36.5 Å². The zero-order valence-corrected chi connectivity index (χ0v) is 16.2. The fraction of sp³-hybridized carbons (Fsp3) is 0.318. The van der Waals surface area contributed by atoms with Crippen LogP contribution in [-0.4, -0.2) is 36.8 Å². The first-order valence-corrected chi connectivity index (χ1v) is 9.62. The number of hydrogen-bond acceptors (Lipinski definition) is 4. The van der Waals surface area contributed by atoms with Gasteiger partial charge in [-0.3, -0.25) is 14.4 Å². The minimum Gasteiger partial charge on any atom is -0.477 e. The van der Waals surface area contributed by atoms with Gasteiger partial charge in [-0.1, -0.05) is 19.1 Å². The van der Waals surface area contributed by atoms with E-state index in [-0.39, 0.29) is 37.0 Å². The van der Waals surface area contributed by atoms with E-state index >= 15 is 0 Å². The van der Waals surface area contributed by atoms with Crippen LogP contribution in [0.25, 0.3) is 0 Å². The highest BCUT2D eigenvalue weighted by Gasteiger charge is 2.33. The van der Waals surface area contributed by atoms with E-state index in [9.17, 15) is 18.8 Å². The van der Waals surface area contributed by atoms with Crippen LogP contribution >= 0.6 is 0 Å². The molecule has 1 heterocycles. The molecular formula is C22H23FN2O4. The van der Waals surface area contributed by atoms with Crippen LogP contribution in [-0.2, 0) is 9.59 Å². The molecule has 0 radical (unpaired) electrons. The topological polar surface area (TPSA) is 75.7 Å². The van der Waals surface area contributed by atoms with E-state index in [2.05, 4.69) is 5.32 Å². The summed E-state index contributed by atoms with van der Waals surface area (Å²) in [6.45, 7) is 2.56. The van der Waals surface area contributed by atoms with E-state index in [0.717, 1.165) is 6.42 Å². The summed E-state index contributed by atoms with van der Waals surface area (Å²) in [6, 6.07) is 12.2. The Kier molecular flexibility index (Phi) is 6.59. The van der Waals surface area contributed by atoms with Crippen LogP contribution in [0, 0.1) is 5.82 Å². The van der Waals surface area contributed by atoms with Crippen LogP contribution in [0.2, 0.25) is 0 Å². The number of anilines is 1. The second-order valence-corrected chi connectivity index (χ2v) is 6.80. The summed E-state index contributed by atoms with van der Waals surface area (Å²) >= 11 is 0. The van der Waals surface area contributed by atoms with Crippen molar-refractivity contribution < 1.29 is 23.5 Å². The molecule has 6 nitrogen and oxygen atoms in total. The SMILES string of the molecule is CCCNC(=O)[C@@H]1CN(C(=O)CCC(=O)c2ccc(F)cc2)c2ccccc2O1. The van der Waals surface area contributed by atoms with Gasteiger partial charge in [0.2, 0.25) is 5.91 Å². The summed E-state index contributed by atoms with van der Waals surface area (Å²) in [4.78, 5) is 39.0. The fourth-order valence-corrected chi connectivity index (χ4v) is 3.10. The van der Waals surface area contributed by atoms with Gasteiger partial charge in [0.25, 0.3) is 5.91 Å². The van der Waals surface area contributed by atoms with E-state index in [1.54, 1.807) is 24.3 Å². The maximum Gasteiger partial charge on any atom is 0.262 e. The lowest BCUT2D eigenvalue weighted by Crippen LogP contribution is -2.50. The minimum absolute atomic E-state index is 0.00329. The molecule has 152 valence electrons. The van der Waals surface area contributed by atoms with E-state index in [1.807, 2.05) is 6.92 Å². The van der Waals surface area contributed by atoms with Crippen LogP contribution in [0.15, 0.2) is 48.5 Å². The smallest absolute Gasteiger partial charge is 0.262 e. The number of fused-ring (bicyclic) bond motifs is 1. The molecule has 2 aromatic rings. The van der Waals surface area contributed by atoms with Gasteiger partial charge in [0.1, 0.15) is 11.6 Å². The molecule has 1 aliphatic rings. The van der Waals surface area contributed by atoms with Gasteiger partial charge in [0.05, 0.1) is 12.2 Å². The highest BCUT2D eigenvalue weighted by atomic mass is 19.1. The molecule has 7 heteroatoms. The predicted molar refractivity (Wildman–Crippen MR) is 106 cm³/mol. The standard InChI is InChI=1S/C22H23FN2O4/c1-2-13-24-22(28)20-14-25(17-5-3-4-6-19(17)29-20)21(27)12-11-18(26)15-7-9-16(23)10-8-15/h3-10,20H,2,11-14H2,1H3,(H,24,28)/t20-/m0/s1. The molecule has 29 heavy (non-hydrogen) atoms. The number of carbonyl (C=O) groups is 3. The molecule has 0 aliphatic carbocycles. The van der Waals surface area contributed by atoms with Crippen molar-refractivity contribution in [3.8, 4) is 5.75 Å². The quantitative estimate of drug-likeness (QED) is 0.727. The van der Waals surface area contributed by atoms with Gasteiger partial charge in [-0.15, -0.1) is 0 Å². The highest BCUT2D eigenvalue weighted by Crippen LogP contribution is 2.33. The predicted octanol–water partition coefficient (Wildman–Crippen LogP) is 3.11. The third-order valence-corrected chi connectivity index (χ3v) is 4.65. The number of para-hydroxylation sites is 2. The van der Waals surface area contributed by atoms with Gasteiger partial charge in [0, 0.05) is 24.9 Å². The number of ketones is 1. The van der Waals surface area contributed by atoms with Gasteiger partial charge >= 0.3 is 0 Å². The molecule has 0 aromatic heterocycles. The third-order valence-electron chi connectivity index (χ3n) is 4.65. The summed E-state index contributed by atoms with van der Waals surface area (Å²) in [6.07, 6.45) is -0.0403.